The molecule has 0 atom stereocenters. The lowest BCUT2D eigenvalue weighted by atomic mass is 9.88. The zero-order valence-corrected chi connectivity index (χ0v) is 22.1. The highest BCUT2D eigenvalue weighted by Crippen LogP contribution is 2.37. The third-order valence-corrected chi connectivity index (χ3v) is 7.18. The van der Waals surface area contributed by atoms with Crippen molar-refractivity contribution in [1.82, 2.24) is 9.66 Å². The van der Waals surface area contributed by atoms with Crippen molar-refractivity contribution in [2.24, 2.45) is 5.10 Å². The Morgan fingerprint density at radius 2 is 1.92 bits per heavy atom. The van der Waals surface area contributed by atoms with E-state index in [2.05, 4.69) is 21.0 Å². The third kappa shape index (κ3) is 5.59. The van der Waals surface area contributed by atoms with Crippen molar-refractivity contribution in [2.45, 2.75) is 44.6 Å². The molecule has 1 fully saturated rings. The Bertz CT molecular complexity index is 1510. The minimum atomic E-state index is -0.315. The van der Waals surface area contributed by atoms with Gasteiger partial charge in [-0.05, 0) is 76.3 Å². The Balaban J connectivity index is 1.48. The van der Waals surface area contributed by atoms with Crippen LogP contribution in [0, 0.1) is 5.82 Å². The van der Waals surface area contributed by atoms with E-state index >= 15 is 0 Å². The highest BCUT2D eigenvalue weighted by atomic mass is 79.9. The first kappa shape index (κ1) is 25.1. The van der Waals surface area contributed by atoms with E-state index in [-0.39, 0.29) is 23.9 Å². The van der Waals surface area contributed by atoms with Crippen molar-refractivity contribution in [3.05, 3.63) is 98.3 Å². The van der Waals surface area contributed by atoms with Crippen LogP contribution in [0.3, 0.4) is 0 Å². The van der Waals surface area contributed by atoms with E-state index in [1.165, 1.54) is 23.2 Å². The molecule has 4 aromatic rings. The first-order chi connectivity index (χ1) is 18.0. The monoisotopic (exact) mass is 563 g/mol. The topological polar surface area (TPSA) is 65.7 Å². The van der Waals surface area contributed by atoms with Crippen LogP contribution in [0.5, 0.6) is 11.5 Å². The molecule has 1 aliphatic rings. The molecular formula is C29H27BrFN3O3. The molecule has 190 valence electrons. The molecule has 0 spiro atoms. The number of para-hydroxylation sites is 1. The molecule has 1 aliphatic carbocycles. The molecule has 1 heterocycles. The first-order valence-corrected chi connectivity index (χ1v) is 13.1. The van der Waals surface area contributed by atoms with Crippen LogP contribution >= 0.6 is 15.9 Å². The average molecular weight is 564 g/mol. The molecule has 1 saturated carbocycles. The minimum absolute atomic E-state index is 0.177. The SMILES string of the molecule is COc1cc(C=Nn2c(C3CCCCC3)nc3ccccc3c2=O)cc(Br)c1OCc1cccc(F)c1. The van der Waals surface area contributed by atoms with Gasteiger partial charge in [0.1, 0.15) is 18.2 Å². The minimum Gasteiger partial charge on any atom is -0.493 e. The second-order valence-electron chi connectivity index (χ2n) is 9.14. The van der Waals surface area contributed by atoms with E-state index < -0.39 is 0 Å². The Hall–Kier alpha value is -3.52. The van der Waals surface area contributed by atoms with E-state index in [4.69, 9.17) is 14.5 Å². The van der Waals surface area contributed by atoms with Gasteiger partial charge in [-0.3, -0.25) is 4.79 Å². The zero-order chi connectivity index (χ0) is 25.8. The molecule has 8 heteroatoms. The van der Waals surface area contributed by atoms with Crippen molar-refractivity contribution in [1.29, 1.82) is 0 Å². The van der Waals surface area contributed by atoms with Crippen LogP contribution in [-0.4, -0.2) is 23.0 Å². The number of benzene rings is 3. The van der Waals surface area contributed by atoms with Crippen molar-refractivity contribution >= 4 is 33.0 Å². The fourth-order valence-corrected chi connectivity index (χ4v) is 5.31. The van der Waals surface area contributed by atoms with Gasteiger partial charge < -0.3 is 9.47 Å². The number of fused-ring (bicyclic) bond motifs is 1. The van der Waals surface area contributed by atoms with Crippen molar-refractivity contribution in [3.8, 4) is 11.5 Å². The van der Waals surface area contributed by atoms with E-state index in [1.54, 1.807) is 37.6 Å². The quantitative estimate of drug-likeness (QED) is 0.231. The van der Waals surface area contributed by atoms with Crippen LogP contribution in [-0.2, 0) is 6.61 Å². The summed E-state index contributed by atoms with van der Waals surface area (Å²) in [6, 6.07) is 17.3. The van der Waals surface area contributed by atoms with Crippen molar-refractivity contribution in [2.75, 3.05) is 7.11 Å². The van der Waals surface area contributed by atoms with Crippen molar-refractivity contribution in [3.63, 3.8) is 0 Å². The Morgan fingerprint density at radius 1 is 1.11 bits per heavy atom. The van der Waals surface area contributed by atoms with Gasteiger partial charge in [-0.2, -0.15) is 9.78 Å². The van der Waals surface area contributed by atoms with E-state index in [9.17, 15) is 9.18 Å². The molecule has 6 nitrogen and oxygen atoms in total. The molecular weight excluding hydrogens is 537 g/mol. The number of hydrogen-bond acceptors (Lipinski definition) is 5. The average Bonchev–Trinajstić information content (AvgIpc) is 2.92. The lowest BCUT2D eigenvalue weighted by Gasteiger charge is -2.22. The van der Waals surface area contributed by atoms with Crippen LogP contribution in [0.15, 0.2) is 75.0 Å². The summed E-state index contributed by atoms with van der Waals surface area (Å²) in [5.41, 5.74) is 1.95. The van der Waals surface area contributed by atoms with Crippen LogP contribution < -0.4 is 15.0 Å². The molecule has 0 amide bonds. The lowest BCUT2D eigenvalue weighted by Crippen LogP contribution is -2.25. The summed E-state index contributed by atoms with van der Waals surface area (Å²) in [4.78, 5) is 18.3. The molecule has 0 saturated heterocycles. The second-order valence-corrected chi connectivity index (χ2v) is 9.99. The van der Waals surface area contributed by atoms with Gasteiger partial charge in [0, 0.05) is 5.92 Å². The Labute approximate surface area is 222 Å². The predicted octanol–water partition coefficient (Wildman–Crippen LogP) is 6.82. The van der Waals surface area contributed by atoms with Gasteiger partial charge in [0.05, 0.1) is 28.7 Å². The van der Waals surface area contributed by atoms with E-state index in [0.29, 0.717) is 38.3 Å². The van der Waals surface area contributed by atoms with Gasteiger partial charge in [0.2, 0.25) is 0 Å². The largest absolute Gasteiger partial charge is 0.493 e. The third-order valence-electron chi connectivity index (χ3n) is 6.60. The molecule has 0 aliphatic heterocycles. The van der Waals surface area contributed by atoms with Crippen molar-refractivity contribution < 1.29 is 13.9 Å². The molecule has 5 rings (SSSR count). The normalized spacial score (nSPS) is 14.4. The van der Waals surface area contributed by atoms with Gasteiger partial charge in [-0.25, -0.2) is 9.37 Å². The second kappa shape index (κ2) is 11.3. The first-order valence-electron chi connectivity index (χ1n) is 12.3. The summed E-state index contributed by atoms with van der Waals surface area (Å²) in [6.07, 6.45) is 7.08. The maximum atomic E-state index is 13.5. The lowest BCUT2D eigenvalue weighted by molar-refractivity contribution is 0.282. The zero-order valence-electron chi connectivity index (χ0n) is 20.5. The van der Waals surface area contributed by atoms with Crippen LogP contribution in [0.4, 0.5) is 4.39 Å². The molecule has 37 heavy (non-hydrogen) atoms. The maximum absolute atomic E-state index is 13.5. The summed E-state index contributed by atoms with van der Waals surface area (Å²) < 4.78 is 27.1. The van der Waals surface area contributed by atoms with Gasteiger partial charge in [0.15, 0.2) is 11.5 Å². The van der Waals surface area contributed by atoms with Crippen LogP contribution in [0.2, 0.25) is 0 Å². The number of hydrogen-bond donors (Lipinski definition) is 0. The fourth-order valence-electron chi connectivity index (χ4n) is 4.74. The smallest absolute Gasteiger partial charge is 0.282 e. The van der Waals surface area contributed by atoms with Gasteiger partial charge >= 0.3 is 0 Å². The molecule has 0 radical (unpaired) electrons. The highest BCUT2D eigenvalue weighted by molar-refractivity contribution is 9.10. The number of aromatic nitrogens is 2. The summed E-state index contributed by atoms with van der Waals surface area (Å²) in [5.74, 6) is 1.58. The number of methoxy groups -OCH3 is 1. The van der Waals surface area contributed by atoms with E-state index in [1.807, 2.05) is 24.3 Å². The Morgan fingerprint density at radius 3 is 2.70 bits per heavy atom. The summed E-state index contributed by atoms with van der Waals surface area (Å²) >= 11 is 3.56. The number of ether oxygens (including phenoxy) is 2. The number of halogens is 2. The summed E-state index contributed by atoms with van der Waals surface area (Å²) in [6.45, 7) is 0.184. The highest BCUT2D eigenvalue weighted by Gasteiger charge is 2.22. The van der Waals surface area contributed by atoms with Gasteiger partial charge in [-0.15, -0.1) is 0 Å². The fraction of sp³-hybridized carbons (Fsp3) is 0.276. The molecule has 0 unspecified atom stereocenters. The molecule has 3 aromatic carbocycles. The molecule has 1 aromatic heterocycles. The summed E-state index contributed by atoms with van der Waals surface area (Å²) in [5, 5.41) is 5.15. The predicted molar refractivity (Wildman–Crippen MR) is 146 cm³/mol. The van der Waals surface area contributed by atoms with Gasteiger partial charge in [0.25, 0.3) is 5.56 Å². The van der Waals surface area contributed by atoms with Crippen LogP contribution in [0.25, 0.3) is 10.9 Å². The molecule has 0 N–H and O–H groups in total. The summed E-state index contributed by atoms with van der Waals surface area (Å²) in [7, 11) is 1.55. The van der Waals surface area contributed by atoms with E-state index in [0.717, 1.165) is 31.2 Å². The number of rotatable bonds is 7. The van der Waals surface area contributed by atoms with Crippen LogP contribution in [0.1, 0.15) is 55.0 Å². The molecule has 0 bridgehead atoms. The maximum Gasteiger partial charge on any atom is 0.282 e. The van der Waals surface area contributed by atoms with Gasteiger partial charge in [-0.1, -0.05) is 43.5 Å². The standard InChI is InChI=1S/C29H27BrFN3O3/c1-36-26-16-20(15-24(30)27(26)37-18-19-8-7-11-22(31)14-19)17-32-34-28(21-9-3-2-4-10-21)33-25-13-6-5-12-23(25)29(34)35/h5-8,11-17,21H,2-4,9-10,18H2,1H3. The number of nitrogens with zero attached hydrogens (tertiary/aromatic N) is 3. The Kier molecular flexibility index (Phi) is 7.65.